The molecule has 0 aliphatic carbocycles. The summed E-state index contributed by atoms with van der Waals surface area (Å²) in [6.45, 7) is 2.93. The summed E-state index contributed by atoms with van der Waals surface area (Å²) in [5, 5.41) is 12.4. The lowest BCUT2D eigenvalue weighted by Gasteiger charge is -2.44. The fourth-order valence-electron chi connectivity index (χ4n) is 2.58. The molecule has 1 fully saturated rings. The molecular weight excluding hydrogens is 354 g/mol. The Morgan fingerprint density at radius 3 is 1.85 bits per heavy atom. The van der Waals surface area contributed by atoms with Crippen molar-refractivity contribution in [1.29, 1.82) is 0 Å². The molecule has 1 saturated heterocycles. The number of azide groups is 1. The smallest absolute Gasteiger partial charge is 0.306 e. The highest BCUT2D eigenvalue weighted by Gasteiger charge is 2.51. The van der Waals surface area contributed by atoms with E-state index in [1.165, 1.54) is 0 Å². The van der Waals surface area contributed by atoms with Crippen LogP contribution in [0.25, 0.3) is 10.4 Å². The first kappa shape index (κ1) is 21.2. The van der Waals surface area contributed by atoms with E-state index in [0.717, 1.165) is 20.8 Å². The molecule has 1 heterocycles. The molecule has 1 unspecified atom stereocenters. The molecule has 5 atom stereocenters. The lowest BCUT2D eigenvalue weighted by Crippen LogP contribution is -2.62. The summed E-state index contributed by atoms with van der Waals surface area (Å²) >= 11 is 0. The van der Waals surface area contributed by atoms with Crippen molar-refractivity contribution in [3.05, 3.63) is 10.4 Å². The van der Waals surface area contributed by atoms with Crippen LogP contribution < -0.4 is 0 Å². The predicted octanol–water partition coefficient (Wildman–Crippen LogP) is 0.334. The van der Waals surface area contributed by atoms with Crippen LogP contribution in [-0.4, -0.2) is 66.0 Å². The maximum atomic E-state index is 11.5. The second-order valence-electron chi connectivity index (χ2n) is 5.45. The molecule has 0 aromatic heterocycles. The minimum absolute atomic E-state index is 0.324. The molecule has 0 radical (unpaired) electrons. The van der Waals surface area contributed by atoms with Crippen LogP contribution in [0.2, 0.25) is 0 Å². The molecule has 0 amide bonds. The molecule has 1 N–H and O–H groups in total. The molecule has 26 heavy (non-hydrogen) atoms. The number of hydrogen-bond donors (Lipinski definition) is 1. The molecular formula is C14H19N3O9. The van der Waals surface area contributed by atoms with Crippen LogP contribution in [-0.2, 0) is 38.1 Å². The van der Waals surface area contributed by atoms with E-state index in [1.807, 2.05) is 0 Å². The molecule has 0 aromatic rings. The lowest BCUT2D eigenvalue weighted by molar-refractivity contribution is -0.246. The third kappa shape index (κ3) is 6.22. The first-order valence-corrected chi connectivity index (χ1v) is 7.55. The Morgan fingerprint density at radius 1 is 0.962 bits per heavy atom. The Morgan fingerprint density at radius 2 is 1.42 bits per heavy atom. The standard InChI is InChI=1S/C14H19N3O9/c1-6(18)23-12-9(4-11(21)22)26-10(5-16-17-15)13(24-7(2)19)14(12)25-8(3)20/h9-10,12-14H,4-5H2,1-3H3,(H,21,22)/t9?,10-,12-,13-,14-/m1/s1. The van der Waals surface area contributed by atoms with E-state index in [2.05, 4.69) is 10.0 Å². The number of nitrogens with zero attached hydrogens (tertiary/aromatic N) is 3. The second kappa shape index (κ2) is 9.59. The molecule has 1 aliphatic heterocycles. The van der Waals surface area contributed by atoms with E-state index in [1.54, 1.807) is 0 Å². The summed E-state index contributed by atoms with van der Waals surface area (Å²) in [6, 6.07) is 0. The van der Waals surface area contributed by atoms with Gasteiger partial charge in [0.15, 0.2) is 18.3 Å². The van der Waals surface area contributed by atoms with Crippen molar-refractivity contribution in [2.45, 2.75) is 57.7 Å². The Bertz CT molecular complexity index is 587. The normalized spacial score (nSPS) is 27.6. The van der Waals surface area contributed by atoms with Gasteiger partial charge in [0.25, 0.3) is 0 Å². The van der Waals surface area contributed by atoms with Gasteiger partial charge in [-0.15, -0.1) is 0 Å². The third-order valence-electron chi connectivity index (χ3n) is 3.34. The topological polar surface area (TPSA) is 174 Å². The highest BCUT2D eigenvalue weighted by molar-refractivity contribution is 5.69. The summed E-state index contributed by atoms with van der Waals surface area (Å²) in [5.74, 6) is -3.56. The Labute approximate surface area is 148 Å². The molecule has 0 saturated carbocycles. The van der Waals surface area contributed by atoms with Gasteiger partial charge in [0.2, 0.25) is 0 Å². The van der Waals surface area contributed by atoms with Gasteiger partial charge >= 0.3 is 23.9 Å². The Hall–Kier alpha value is -2.85. The second-order valence-corrected chi connectivity index (χ2v) is 5.45. The highest BCUT2D eigenvalue weighted by Crippen LogP contribution is 2.30. The average Bonchev–Trinajstić information content (AvgIpc) is 2.49. The molecule has 1 rings (SSSR count). The number of carboxylic acid groups (broad SMARTS) is 1. The molecule has 0 aromatic carbocycles. The van der Waals surface area contributed by atoms with Gasteiger partial charge in [-0.25, -0.2) is 0 Å². The summed E-state index contributed by atoms with van der Waals surface area (Å²) in [4.78, 5) is 48.0. The zero-order valence-electron chi connectivity index (χ0n) is 14.4. The van der Waals surface area contributed by atoms with Crippen molar-refractivity contribution in [2.24, 2.45) is 5.11 Å². The van der Waals surface area contributed by atoms with Gasteiger partial charge < -0.3 is 24.1 Å². The maximum absolute atomic E-state index is 11.5. The van der Waals surface area contributed by atoms with Crippen LogP contribution in [0, 0.1) is 0 Å². The lowest BCUT2D eigenvalue weighted by atomic mass is 9.92. The van der Waals surface area contributed by atoms with Gasteiger partial charge in [-0.3, -0.25) is 19.2 Å². The molecule has 144 valence electrons. The van der Waals surface area contributed by atoms with Gasteiger partial charge in [0, 0.05) is 25.7 Å². The largest absolute Gasteiger partial charge is 0.481 e. The molecule has 0 bridgehead atoms. The Balaban J connectivity index is 3.32. The third-order valence-corrected chi connectivity index (χ3v) is 3.34. The number of ether oxygens (including phenoxy) is 4. The fraction of sp³-hybridized carbons (Fsp3) is 0.714. The number of rotatable bonds is 7. The number of carbonyl (C=O) groups is 4. The van der Waals surface area contributed by atoms with Crippen LogP contribution in [0.15, 0.2) is 5.11 Å². The van der Waals surface area contributed by atoms with Gasteiger partial charge in [-0.1, -0.05) is 5.11 Å². The quantitative estimate of drug-likeness (QED) is 0.217. The van der Waals surface area contributed by atoms with E-state index >= 15 is 0 Å². The summed E-state index contributed by atoms with van der Waals surface area (Å²) < 4.78 is 20.9. The predicted molar refractivity (Wildman–Crippen MR) is 81.6 cm³/mol. The zero-order chi connectivity index (χ0) is 19.9. The van der Waals surface area contributed by atoms with Crippen LogP contribution in [0.4, 0.5) is 0 Å². The van der Waals surface area contributed by atoms with Crippen LogP contribution in [0.3, 0.4) is 0 Å². The van der Waals surface area contributed by atoms with Gasteiger partial charge in [0.1, 0.15) is 12.2 Å². The fourth-order valence-corrected chi connectivity index (χ4v) is 2.58. The van der Waals surface area contributed by atoms with Crippen molar-refractivity contribution in [3.63, 3.8) is 0 Å². The van der Waals surface area contributed by atoms with Gasteiger partial charge in [-0.2, -0.15) is 0 Å². The van der Waals surface area contributed by atoms with Gasteiger partial charge in [-0.05, 0) is 5.53 Å². The number of hydrogen-bond acceptors (Lipinski definition) is 9. The molecule has 12 nitrogen and oxygen atoms in total. The molecule has 12 heteroatoms. The highest BCUT2D eigenvalue weighted by atomic mass is 16.6. The van der Waals surface area contributed by atoms with Crippen molar-refractivity contribution in [1.82, 2.24) is 0 Å². The number of aliphatic carboxylic acids is 1. The van der Waals surface area contributed by atoms with E-state index in [4.69, 9.17) is 29.6 Å². The van der Waals surface area contributed by atoms with Crippen LogP contribution in [0.1, 0.15) is 27.2 Å². The summed E-state index contributed by atoms with van der Waals surface area (Å²) in [5.41, 5.74) is 8.50. The minimum Gasteiger partial charge on any atom is -0.481 e. The van der Waals surface area contributed by atoms with E-state index in [0.29, 0.717) is 0 Å². The van der Waals surface area contributed by atoms with Crippen LogP contribution >= 0.6 is 0 Å². The number of esters is 3. The SMILES string of the molecule is CC(=O)O[C@H]1[C@H](OC(C)=O)[C@@H](CN=[N+]=[N-])OC(CC(=O)O)[C@H]1OC(C)=O. The van der Waals surface area contributed by atoms with E-state index in [-0.39, 0.29) is 6.54 Å². The van der Waals surface area contributed by atoms with Crippen molar-refractivity contribution >= 4 is 23.9 Å². The monoisotopic (exact) mass is 373 g/mol. The molecule has 0 spiro atoms. The first-order chi connectivity index (χ1) is 12.1. The first-order valence-electron chi connectivity index (χ1n) is 7.55. The van der Waals surface area contributed by atoms with E-state index in [9.17, 15) is 19.2 Å². The van der Waals surface area contributed by atoms with E-state index < -0.39 is 60.8 Å². The number of carboxylic acids is 1. The molecule has 1 aliphatic rings. The van der Waals surface area contributed by atoms with Crippen molar-refractivity contribution in [3.8, 4) is 0 Å². The van der Waals surface area contributed by atoms with Crippen molar-refractivity contribution < 1.29 is 43.2 Å². The van der Waals surface area contributed by atoms with Gasteiger partial charge in [0.05, 0.1) is 13.0 Å². The summed E-state index contributed by atoms with van der Waals surface area (Å²) in [7, 11) is 0. The zero-order valence-corrected chi connectivity index (χ0v) is 14.4. The Kier molecular flexibility index (Phi) is 7.81. The minimum atomic E-state index is -1.34. The average molecular weight is 373 g/mol. The number of carbonyl (C=O) groups excluding carboxylic acids is 3. The van der Waals surface area contributed by atoms with Crippen molar-refractivity contribution in [2.75, 3.05) is 6.54 Å². The maximum Gasteiger partial charge on any atom is 0.306 e. The summed E-state index contributed by atoms with van der Waals surface area (Å²) in [6.07, 6.45) is -6.84. The van der Waals surface area contributed by atoms with Crippen LogP contribution in [0.5, 0.6) is 0 Å².